The second kappa shape index (κ2) is 6.87. The van der Waals surface area contributed by atoms with Crippen LogP contribution in [0.1, 0.15) is 79.3 Å². The predicted octanol–water partition coefficient (Wildman–Crippen LogP) is 3.87. The van der Waals surface area contributed by atoms with Crippen LogP contribution in [0, 0.1) is 0 Å². The van der Waals surface area contributed by atoms with E-state index < -0.39 is 0 Å². The molecule has 0 unspecified atom stereocenters. The summed E-state index contributed by atoms with van der Waals surface area (Å²) in [5, 5.41) is 3.44. The second-order valence-corrected chi connectivity index (χ2v) is 7.83. The highest BCUT2D eigenvalue weighted by Crippen LogP contribution is 2.42. The minimum absolute atomic E-state index is 0.186. The van der Waals surface area contributed by atoms with Gasteiger partial charge in [-0.25, -0.2) is 0 Å². The number of amides is 1. The van der Waals surface area contributed by atoms with Crippen LogP contribution in [0.2, 0.25) is 0 Å². The lowest BCUT2D eigenvalue weighted by Gasteiger charge is -2.30. The molecule has 1 aromatic carbocycles. The summed E-state index contributed by atoms with van der Waals surface area (Å²) < 4.78 is 0. The highest BCUT2D eigenvalue weighted by atomic mass is 16.1. The van der Waals surface area contributed by atoms with Gasteiger partial charge >= 0.3 is 0 Å². The maximum absolute atomic E-state index is 13.2. The number of nitrogens with one attached hydrogen (secondary N) is 1. The number of benzene rings is 1. The van der Waals surface area contributed by atoms with Crippen molar-refractivity contribution >= 4 is 5.91 Å². The Labute approximate surface area is 145 Å². The van der Waals surface area contributed by atoms with E-state index in [9.17, 15) is 4.79 Å². The van der Waals surface area contributed by atoms with Gasteiger partial charge in [-0.05, 0) is 81.5 Å². The Hall–Kier alpha value is -1.35. The fourth-order valence-electron chi connectivity index (χ4n) is 4.79. The van der Waals surface area contributed by atoms with Crippen molar-refractivity contribution in [1.29, 1.82) is 0 Å². The molecule has 1 heterocycles. The number of aryl methyl sites for hydroxylation is 1. The fourth-order valence-corrected chi connectivity index (χ4v) is 4.79. The maximum Gasteiger partial charge on any atom is 0.252 e. The van der Waals surface area contributed by atoms with Crippen LogP contribution in [0.4, 0.5) is 0 Å². The molecular weight excluding hydrogens is 296 g/mol. The van der Waals surface area contributed by atoms with Crippen molar-refractivity contribution in [2.24, 2.45) is 0 Å². The van der Waals surface area contributed by atoms with Gasteiger partial charge in [-0.3, -0.25) is 9.69 Å². The Kier molecular flexibility index (Phi) is 4.62. The molecule has 1 aliphatic heterocycles. The van der Waals surface area contributed by atoms with E-state index in [1.165, 1.54) is 62.7 Å². The van der Waals surface area contributed by atoms with Crippen molar-refractivity contribution in [1.82, 2.24) is 10.2 Å². The van der Waals surface area contributed by atoms with Gasteiger partial charge in [0, 0.05) is 17.6 Å². The highest BCUT2D eigenvalue weighted by molar-refractivity contribution is 5.97. The summed E-state index contributed by atoms with van der Waals surface area (Å²) in [6.07, 6.45) is 9.69. The first-order chi connectivity index (χ1) is 11.8. The zero-order valence-corrected chi connectivity index (χ0v) is 14.9. The minimum Gasteiger partial charge on any atom is -0.348 e. The molecule has 0 radical (unpaired) electrons. The first-order valence-corrected chi connectivity index (χ1v) is 9.94. The van der Waals surface area contributed by atoms with Crippen molar-refractivity contribution in [2.45, 2.75) is 76.3 Å². The van der Waals surface area contributed by atoms with Crippen LogP contribution >= 0.6 is 0 Å². The van der Waals surface area contributed by atoms with Crippen LogP contribution in [0.3, 0.4) is 0 Å². The molecule has 130 valence electrons. The van der Waals surface area contributed by atoms with Gasteiger partial charge in [0.1, 0.15) is 0 Å². The first kappa shape index (κ1) is 16.1. The quantitative estimate of drug-likeness (QED) is 0.891. The molecule has 2 atom stereocenters. The molecule has 2 saturated carbocycles. The lowest BCUT2D eigenvalue weighted by molar-refractivity contribution is 0.0910. The summed E-state index contributed by atoms with van der Waals surface area (Å²) in [5.41, 5.74) is 3.50. The summed E-state index contributed by atoms with van der Waals surface area (Å²) in [6.45, 7) is 4.59. The predicted molar refractivity (Wildman–Crippen MR) is 97.5 cm³/mol. The van der Waals surface area contributed by atoms with E-state index in [0.29, 0.717) is 18.0 Å². The summed E-state index contributed by atoms with van der Waals surface area (Å²) in [6, 6.07) is 7.35. The van der Waals surface area contributed by atoms with E-state index in [1.807, 2.05) is 0 Å². The van der Waals surface area contributed by atoms with E-state index >= 15 is 0 Å². The van der Waals surface area contributed by atoms with Gasteiger partial charge < -0.3 is 5.32 Å². The largest absolute Gasteiger partial charge is 0.348 e. The normalized spacial score (nSPS) is 27.5. The molecule has 0 aromatic heterocycles. The van der Waals surface area contributed by atoms with Crippen LogP contribution in [0.25, 0.3) is 0 Å². The highest BCUT2D eigenvalue weighted by Gasteiger charge is 2.36. The van der Waals surface area contributed by atoms with Gasteiger partial charge in [-0.1, -0.05) is 25.1 Å². The van der Waals surface area contributed by atoms with Gasteiger partial charge in [0.2, 0.25) is 0 Å². The Bertz CT molecular complexity index is 602. The Morgan fingerprint density at radius 2 is 1.92 bits per heavy atom. The molecule has 1 aromatic rings. The molecule has 2 aliphatic carbocycles. The average molecular weight is 326 g/mol. The van der Waals surface area contributed by atoms with Crippen LogP contribution in [-0.2, 0) is 6.42 Å². The van der Waals surface area contributed by atoms with E-state index in [2.05, 4.69) is 35.3 Å². The van der Waals surface area contributed by atoms with Gasteiger partial charge in [-0.2, -0.15) is 0 Å². The van der Waals surface area contributed by atoms with E-state index in [1.54, 1.807) is 0 Å². The summed E-state index contributed by atoms with van der Waals surface area (Å²) in [4.78, 5) is 15.8. The van der Waals surface area contributed by atoms with Crippen molar-refractivity contribution in [3.63, 3.8) is 0 Å². The van der Waals surface area contributed by atoms with Gasteiger partial charge in [0.05, 0.1) is 0 Å². The minimum atomic E-state index is 0.186. The van der Waals surface area contributed by atoms with Crippen molar-refractivity contribution in [3.05, 3.63) is 34.9 Å². The van der Waals surface area contributed by atoms with E-state index in [4.69, 9.17) is 0 Å². The number of hydrogen-bond acceptors (Lipinski definition) is 2. The number of carbonyl (C=O) groups excluding carboxylic acids is 1. The molecule has 0 spiro atoms. The van der Waals surface area contributed by atoms with Crippen molar-refractivity contribution in [3.8, 4) is 0 Å². The summed E-state index contributed by atoms with van der Waals surface area (Å²) >= 11 is 0. The molecule has 3 heteroatoms. The topological polar surface area (TPSA) is 32.3 Å². The van der Waals surface area contributed by atoms with Crippen LogP contribution < -0.4 is 5.32 Å². The fraction of sp³-hybridized carbons (Fsp3) is 0.667. The Morgan fingerprint density at radius 1 is 1.12 bits per heavy atom. The third-order valence-corrected chi connectivity index (χ3v) is 6.21. The molecule has 1 amide bonds. The van der Waals surface area contributed by atoms with Gasteiger partial charge in [-0.15, -0.1) is 0 Å². The molecular formula is C21H30N2O. The van der Waals surface area contributed by atoms with Gasteiger partial charge in [0.15, 0.2) is 0 Å². The molecule has 1 N–H and O–H groups in total. The summed E-state index contributed by atoms with van der Waals surface area (Å²) in [5.74, 6) is 0.806. The lowest BCUT2D eigenvalue weighted by Crippen LogP contribution is -2.48. The standard InChI is InChI=1S/C21H30N2O/c1-2-15-7-5-8-17(16-11-12-16)20(15)21(24)22-18-9-6-10-19(18)23-13-3-4-14-23/h5,7-8,16,18-19H,2-4,6,9-14H2,1H3,(H,22,24)/t18-,19+/m1/s1. The third-order valence-electron chi connectivity index (χ3n) is 6.21. The average Bonchev–Trinajstić information content (AvgIpc) is 3.11. The smallest absolute Gasteiger partial charge is 0.252 e. The number of hydrogen-bond donors (Lipinski definition) is 1. The van der Waals surface area contributed by atoms with Crippen LogP contribution in [0.5, 0.6) is 0 Å². The van der Waals surface area contributed by atoms with Crippen molar-refractivity contribution < 1.29 is 4.79 Å². The second-order valence-electron chi connectivity index (χ2n) is 7.83. The number of nitrogens with zero attached hydrogens (tertiary/aromatic N) is 1. The third kappa shape index (κ3) is 3.11. The van der Waals surface area contributed by atoms with Gasteiger partial charge in [0.25, 0.3) is 5.91 Å². The lowest BCUT2D eigenvalue weighted by atomic mass is 9.95. The number of rotatable bonds is 5. The van der Waals surface area contributed by atoms with E-state index in [0.717, 1.165) is 18.4 Å². The molecule has 3 fully saturated rings. The zero-order chi connectivity index (χ0) is 16.5. The van der Waals surface area contributed by atoms with Crippen molar-refractivity contribution in [2.75, 3.05) is 13.1 Å². The summed E-state index contributed by atoms with van der Waals surface area (Å²) in [7, 11) is 0. The molecule has 0 bridgehead atoms. The molecule has 3 aliphatic rings. The number of likely N-dealkylation sites (tertiary alicyclic amines) is 1. The molecule has 1 saturated heterocycles. The van der Waals surface area contributed by atoms with Crippen LogP contribution in [0.15, 0.2) is 18.2 Å². The van der Waals surface area contributed by atoms with Crippen LogP contribution in [-0.4, -0.2) is 36.0 Å². The molecule has 4 rings (SSSR count). The zero-order valence-electron chi connectivity index (χ0n) is 14.9. The van der Waals surface area contributed by atoms with E-state index in [-0.39, 0.29) is 5.91 Å². The number of carbonyl (C=O) groups is 1. The molecule has 3 nitrogen and oxygen atoms in total. The Morgan fingerprint density at radius 3 is 2.62 bits per heavy atom. The first-order valence-electron chi connectivity index (χ1n) is 9.94. The SMILES string of the molecule is CCc1cccc(C2CC2)c1C(=O)N[C@@H]1CCC[C@@H]1N1CCCC1. The monoisotopic (exact) mass is 326 g/mol. The Balaban J connectivity index is 1.53. The maximum atomic E-state index is 13.2. The molecule has 24 heavy (non-hydrogen) atoms.